The fraction of sp³-hybridized carbons (Fsp3) is 0.222. The topological polar surface area (TPSA) is 51.9 Å². The zero-order valence-corrected chi connectivity index (χ0v) is 14.7. The summed E-state index contributed by atoms with van der Waals surface area (Å²) in [5.41, 5.74) is 3.01. The molecule has 0 saturated carbocycles. The van der Waals surface area contributed by atoms with Gasteiger partial charge < -0.3 is 4.98 Å². The lowest BCUT2D eigenvalue weighted by molar-refractivity contribution is 0.242. The molecule has 6 heteroatoms. The smallest absolute Gasteiger partial charge is 0.255 e. The Balaban J connectivity index is 1.52. The first-order valence-electron chi connectivity index (χ1n) is 7.90. The maximum atomic E-state index is 12.0. The van der Waals surface area contributed by atoms with Crippen LogP contribution in [0.15, 0.2) is 47.3 Å². The Morgan fingerprint density at radius 2 is 1.96 bits per heavy atom. The Hall–Kier alpha value is -2.02. The SMILES string of the molecule is O=c1[nH]c(=S)[nH]c2c1CCN(Cc1ccc(-c3ccccc3)s1)C2. The number of hydrogen-bond donors (Lipinski definition) is 2. The van der Waals surface area contributed by atoms with Crippen LogP contribution in [0.1, 0.15) is 16.1 Å². The highest BCUT2D eigenvalue weighted by atomic mass is 32.1. The molecule has 3 aromatic rings. The molecule has 0 fully saturated rings. The number of nitrogens with one attached hydrogen (secondary N) is 2. The summed E-state index contributed by atoms with van der Waals surface area (Å²) in [5, 5.41) is 0. The highest BCUT2D eigenvalue weighted by Crippen LogP contribution is 2.29. The third-order valence-electron chi connectivity index (χ3n) is 4.29. The predicted molar refractivity (Wildman–Crippen MR) is 99.8 cm³/mol. The van der Waals surface area contributed by atoms with Gasteiger partial charge in [-0.25, -0.2) is 0 Å². The molecule has 3 heterocycles. The van der Waals surface area contributed by atoms with Gasteiger partial charge in [-0.1, -0.05) is 30.3 Å². The summed E-state index contributed by atoms with van der Waals surface area (Å²) in [4.78, 5) is 22.7. The van der Waals surface area contributed by atoms with Crippen LogP contribution in [0.25, 0.3) is 10.4 Å². The lowest BCUT2D eigenvalue weighted by Crippen LogP contribution is -2.34. The van der Waals surface area contributed by atoms with Crippen LogP contribution in [-0.4, -0.2) is 21.4 Å². The van der Waals surface area contributed by atoms with Crippen molar-refractivity contribution in [1.82, 2.24) is 14.9 Å². The molecule has 24 heavy (non-hydrogen) atoms. The third-order valence-corrected chi connectivity index (χ3v) is 5.61. The molecule has 122 valence electrons. The fourth-order valence-corrected chi connectivity index (χ4v) is 4.38. The Morgan fingerprint density at radius 1 is 1.12 bits per heavy atom. The van der Waals surface area contributed by atoms with Crippen molar-refractivity contribution in [3.63, 3.8) is 0 Å². The van der Waals surface area contributed by atoms with Crippen molar-refractivity contribution in [1.29, 1.82) is 0 Å². The van der Waals surface area contributed by atoms with Crippen molar-refractivity contribution in [2.45, 2.75) is 19.5 Å². The highest BCUT2D eigenvalue weighted by molar-refractivity contribution is 7.71. The fourth-order valence-electron chi connectivity index (χ4n) is 3.11. The van der Waals surface area contributed by atoms with Crippen LogP contribution in [0, 0.1) is 4.77 Å². The van der Waals surface area contributed by atoms with Crippen LogP contribution < -0.4 is 5.56 Å². The van der Waals surface area contributed by atoms with Crippen LogP contribution in [0.2, 0.25) is 0 Å². The second-order valence-corrected chi connectivity index (χ2v) is 7.53. The van der Waals surface area contributed by atoms with E-state index < -0.39 is 0 Å². The first-order valence-corrected chi connectivity index (χ1v) is 9.12. The number of aromatic amines is 2. The molecule has 0 spiro atoms. The van der Waals surface area contributed by atoms with Crippen molar-refractivity contribution in [2.75, 3.05) is 6.54 Å². The zero-order chi connectivity index (χ0) is 16.5. The second kappa shape index (κ2) is 6.47. The van der Waals surface area contributed by atoms with Gasteiger partial charge in [0.15, 0.2) is 4.77 Å². The molecule has 1 aliphatic heterocycles. The average Bonchev–Trinajstić information content (AvgIpc) is 3.03. The summed E-state index contributed by atoms with van der Waals surface area (Å²) >= 11 is 6.91. The number of hydrogen-bond acceptors (Lipinski definition) is 4. The third kappa shape index (κ3) is 3.13. The quantitative estimate of drug-likeness (QED) is 0.704. The van der Waals surface area contributed by atoms with E-state index >= 15 is 0 Å². The molecule has 0 atom stereocenters. The van der Waals surface area contributed by atoms with Gasteiger partial charge in [0.1, 0.15) is 0 Å². The van der Waals surface area contributed by atoms with Crippen molar-refractivity contribution >= 4 is 23.6 Å². The molecule has 4 rings (SSSR count). The molecule has 2 N–H and O–H groups in total. The summed E-state index contributed by atoms with van der Waals surface area (Å²) < 4.78 is 0.406. The number of H-pyrrole nitrogens is 2. The molecule has 2 aromatic heterocycles. The molecule has 0 unspecified atom stereocenters. The lowest BCUT2D eigenvalue weighted by atomic mass is 10.1. The van der Waals surface area contributed by atoms with Gasteiger partial charge in [0.25, 0.3) is 5.56 Å². The van der Waals surface area contributed by atoms with Crippen molar-refractivity contribution in [3.05, 3.63) is 73.7 Å². The number of fused-ring (bicyclic) bond motifs is 1. The number of rotatable bonds is 3. The number of nitrogens with zero attached hydrogens (tertiary/aromatic N) is 1. The predicted octanol–water partition coefficient (Wildman–Crippen LogP) is 3.72. The Labute approximate surface area is 148 Å². The van der Waals surface area contributed by atoms with E-state index in [1.54, 1.807) is 0 Å². The molecular formula is C18H17N3OS2. The van der Waals surface area contributed by atoms with E-state index in [0.717, 1.165) is 37.3 Å². The van der Waals surface area contributed by atoms with Gasteiger partial charge in [0, 0.05) is 40.6 Å². The number of thiophene rings is 1. The molecule has 0 saturated heterocycles. The maximum absolute atomic E-state index is 12.0. The zero-order valence-electron chi connectivity index (χ0n) is 13.0. The standard InChI is InChI=1S/C18H17N3OS2/c22-17-14-8-9-21(11-15(14)19-18(23)20-17)10-13-6-7-16(24-13)12-4-2-1-3-5-12/h1-7H,8-11H2,(H2,19,20,22,23). The largest absolute Gasteiger partial charge is 0.334 e. The van der Waals surface area contributed by atoms with E-state index in [4.69, 9.17) is 12.2 Å². The van der Waals surface area contributed by atoms with Crippen LogP contribution in [0.4, 0.5) is 0 Å². The van der Waals surface area contributed by atoms with Crippen molar-refractivity contribution < 1.29 is 0 Å². The number of benzene rings is 1. The van der Waals surface area contributed by atoms with E-state index in [2.05, 4.69) is 51.3 Å². The molecule has 0 bridgehead atoms. The van der Waals surface area contributed by atoms with E-state index in [-0.39, 0.29) is 5.56 Å². The molecule has 0 radical (unpaired) electrons. The van der Waals surface area contributed by atoms with Crippen molar-refractivity contribution in [3.8, 4) is 10.4 Å². The highest BCUT2D eigenvalue weighted by Gasteiger charge is 2.20. The minimum atomic E-state index is -0.0455. The van der Waals surface area contributed by atoms with E-state index in [9.17, 15) is 4.79 Å². The van der Waals surface area contributed by atoms with E-state index in [1.807, 2.05) is 17.4 Å². The molecule has 4 nitrogen and oxygen atoms in total. The lowest BCUT2D eigenvalue weighted by Gasteiger charge is -2.27. The first-order chi connectivity index (χ1) is 11.7. The molecule has 1 aromatic carbocycles. The van der Waals surface area contributed by atoms with Gasteiger partial charge in [-0.15, -0.1) is 11.3 Å². The van der Waals surface area contributed by atoms with Gasteiger partial charge in [-0.05, 0) is 36.3 Å². The van der Waals surface area contributed by atoms with Gasteiger partial charge in [-0.2, -0.15) is 0 Å². The number of aromatic nitrogens is 2. The average molecular weight is 355 g/mol. The first kappa shape index (κ1) is 15.5. The van der Waals surface area contributed by atoms with Crippen LogP contribution in [-0.2, 0) is 19.5 Å². The monoisotopic (exact) mass is 355 g/mol. The van der Waals surface area contributed by atoms with Crippen LogP contribution in [0.3, 0.4) is 0 Å². The Bertz CT molecular complexity index is 972. The molecule has 1 aliphatic rings. The van der Waals surface area contributed by atoms with Gasteiger partial charge >= 0.3 is 0 Å². The van der Waals surface area contributed by atoms with Crippen LogP contribution in [0.5, 0.6) is 0 Å². The summed E-state index contributed by atoms with van der Waals surface area (Å²) in [6.45, 7) is 2.52. The minimum Gasteiger partial charge on any atom is -0.334 e. The summed E-state index contributed by atoms with van der Waals surface area (Å²) in [7, 11) is 0. The normalized spacial score (nSPS) is 14.5. The van der Waals surface area contributed by atoms with E-state index in [0.29, 0.717) is 4.77 Å². The van der Waals surface area contributed by atoms with Gasteiger partial charge in [-0.3, -0.25) is 14.7 Å². The summed E-state index contributed by atoms with van der Waals surface area (Å²) in [6, 6.07) is 14.8. The molecular weight excluding hydrogens is 338 g/mol. The van der Waals surface area contributed by atoms with Crippen LogP contribution >= 0.6 is 23.6 Å². The van der Waals surface area contributed by atoms with E-state index in [1.165, 1.54) is 15.3 Å². The minimum absolute atomic E-state index is 0.0455. The molecule has 0 aliphatic carbocycles. The van der Waals surface area contributed by atoms with Gasteiger partial charge in [0.05, 0.1) is 0 Å². The maximum Gasteiger partial charge on any atom is 0.255 e. The molecule has 0 amide bonds. The Morgan fingerprint density at radius 3 is 2.79 bits per heavy atom. The Kier molecular flexibility index (Phi) is 4.18. The summed E-state index contributed by atoms with van der Waals surface area (Å²) in [5.74, 6) is 0. The summed E-state index contributed by atoms with van der Waals surface area (Å²) in [6.07, 6.45) is 0.758. The van der Waals surface area contributed by atoms with Gasteiger partial charge in [0.2, 0.25) is 0 Å². The van der Waals surface area contributed by atoms with Crippen molar-refractivity contribution in [2.24, 2.45) is 0 Å². The second-order valence-electron chi connectivity index (χ2n) is 5.96.